The van der Waals surface area contributed by atoms with Crippen LogP contribution in [0.25, 0.3) is 22.0 Å². The maximum absolute atomic E-state index is 14.5. The molecular formula is C34H34N4O3S. The number of carbonyl (C=O) groups excluding carboxylic acids is 2. The molecule has 4 heterocycles. The molecule has 8 heteroatoms. The van der Waals surface area contributed by atoms with E-state index < -0.39 is 4.87 Å². The lowest BCUT2D eigenvalue weighted by Gasteiger charge is -2.29. The van der Waals surface area contributed by atoms with Crippen LogP contribution in [0.3, 0.4) is 0 Å². The van der Waals surface area contributed by atoms with Crippen LogP contribution in [0, 0.1) is 6.92 Å². The minimum atomic E-state index is -0.419. The molecule has 1 atom stereocenters. The molecule has 5 aromatic rings. The van der Waals surface area contributed by atoms with Crippen LogP contribution in [0.1, 0.15) is 53.6 Å². The minimum absolute atomic E-state index is 0.0940. The highest BCUT2D eigenvalue weighted by atomic mass is 32.2. The molecule has 1 unspecified atom stereocenters. The quantitative estimate of drug-likeness (QED) is 0.205. The van der Waals surface area contributed by atoms with Crippen LogP contribution in [-0.4, -0.2) is 52.0 Å². The van der Waals surface area contributed by atoms with Crippen LogP contribution in [0.4, 0.5) is 4.79 Å². The van der Waals surface area contributed by atoms with Crippen molar-refractivity contribution >= 4 is 34.5 Å². The van der Waals surface area contributed by atoms with Gasteiger partial charge in [0.1, 0.15) is 10.6 Å². The lowest BCUT2D eigenvalue weighted by molar-refractivity contribution is 0.103. The largest absolute Gasteiger partial charge is 0.497 e. The zero-order valence-electron chi connectivity index (χ0n) is 24.9. The summed E-state index contributed by atoms with van der Waals surface area (Å²) >= 11 is 1.82. The van der Waals surface area contributed by atoms with Crippen molar-refractivity contribution in [2.75, 3.05) is 21.2 Å². The molecule has 6 rings (SSSR count). The molecule has 1 aliphatic rings. The van der Waals surface area contributed by atoms with Crippen molar-refractivity contribution in [1.29, 1.82) is 0 Å². The molecule has 7 nitrogen and oxygen atoms in total. The Hall–Kier alpha value is -4.30. The Balaban J connectivity index is 1.51. The second-order valence-electron chi connectivity index (χ2n) is 11.6. The molecule has 42 heavy (non-hydrogen) atoms. The third-order valence-electron chi connectivity index (χ3n) is 8.14. The Morgan fingerprint density at radius 3 is 2.31 bits per heavy atom. The van der Waals surface area contributed by atoms with E-state index in [1.54, 1.807) is 38.2 Å². The Morgan fingerprint density at radius 1 is 0.952 bits per heavy atom. The number of methoxy groups -OCH3 is 1. The molecule has 214 valence electrons. The maximum Gasteiger partial charge on any atom is 0.328 e. The van der Waals surface area contributed by atoms with Crippen molar-refractivity contribution in [3.05, 3.63) is 107 Å². The molecular weight excluding hydrogens is 544 g/mol. The van der Waals surface area contributed by atoms with Gasteiger partial charge in [-0.25, -0.2) is 4.79 Å². The Kier molecular flexibility index (Phi) is 6.57. The van der Waals surface area contributed by atoms with E-state index in [2.05, 4.69) is 43.3 Å². The van der Waals surface area contributed by atoms with Crippen LogP contribution in [-0.2, 0) is 9.62 Å². The van der Waals surface area contributed by atoms with Gasteiger partial charge in [0.05, 0.1) is 17.4 Å². The fourth-order valence-corrected chi connectivity index (χ4v) is 8.12. The van der Waals surface area contributed by atoms with E-state index in [1.807, 2.05) is 72.6 Å². The van der Waals surface area contributed by atoms with E-state index >= 15 is 0 Å². The number of hydrogen-bond donors (Lipinski definition) is 0. The summed E-state index contributed by atoms with van der Waals surface area (Å²) in [7, 11) is 5.07. The monoisotopic (exact) mass is 578 g/mol. The van der Waals surface area contributed by atoms with Gasteiger partial charge in [-0.15, -0.1) is 11.8 Å². The molecule has 0 spiro atoms. The van der Waals surface area contributed by atoms with Crippen molar-refractivity contribution in [2.45, 2.75) is 37.3 Å². The average molecular weight is 579 g/mol. The number of amides is 1. The molecule has 3 aromatic heterocycles. The van der Waals surface area contributed by atoms with Crippen LogP contribution in [0.5, 0.6) is 5.75 Å². The summed E-state index contributed by atoms with van der Waals surface area (Å²) in [4.78, 5) is 33.3. The van der Waals surface area contributed by atoms with Crippen LogP contribution < -0.4 is 4.74 Å². The number of nitrogens with zero attached hydrogens (tertiary/aromatic N) is 4. The Labute approximate surface area is 250 Å². The van der Waals surface area contributed by atoms with Crippen LogP contribution >= 0.6 is 11.8 Å². The summed E-state index contributed by atoms with van der Waals surface area (Å²) in [6.45, 7) is 8.58. The first-order valence-corrected chi connectivity index (χ1v) is 14.7. The fourth-order valence-electron chi connectivity index (χ4n) is 6.26. The molecule has 0 aliphatic carbocycles. The van der Waals surface area contributed by atoms with Crippen LogP contribution in [0.15, 0.2) is 79.3 Å². The van der Waals surface area contributed by atoms with Crippen molar-refractivity contribution in [1.82, 2.24) is 19.0 Å². The SMILES string of the molecule is COc1ccc(-c2ccc3c(C(=O)c4cc(C)n5c4C(C)(C)SC5(C)c4cccnc4)cn(C(=O)N(C)C)c3c2)cc1. The standard InChI is InChI=1S/C34H34N4O3S/c1-21-17-27(31-33(2,3)42-34(4,38(21)31)24-9-8-16-35-19-24)30(39)28-20-37(32(40)36(5)6)29-18-23(12-15-26(28)29)22-10-13-25(41-7)14-11-22/h8-20H,1-7H3. The lowest BCUT2D eigenvalue weighted by atomic mass is 9.96. The summed E-state index contributed by atoms with van der Waals surface area (Å²) in [6.07, 6.45) is 5.38. The van der Waals surface area contributed by atoms with E-state index in [9.17, 15) is 9.59 Å². The van der Waals surface area contributed by atoms with Crippen molar-refractivity contribution in [3.63, 3.8) is 0 Å². The van der Waals surface area contributed by atoms with Gasteiger partial charge in [-0.2, -0.15) is 0 Å². The fraction of sp³-hybridized carbons (Fsp3) is 0.265. The smallest absolute Gasteiger partial charge is 0.328 e. The number of ketones is 1. The second kappa shape index (κ2) is 9.91. The number of carbonyl (C=O) groups is 2. The Bertz CT molecular complexity index is 1850. The highest BCUT2D eigenvalue weighted by molar-refractivity contribution is 8.01. The molecule has 0 saturated heterocycles. The molecule has 0 radical (unpaired) electrons. The molecule has 1 amide bonds. The summed E-state index contributed by atoms with van der Waals surface area (Å²) in [5.41, 5.74) is 6.86. The van der Waals surface area contributed by atoms with Crippen molar-refractivity contribution in [2.24, 2.45) is 0 Å². The molecule has 0 saturated carbocycles. The van der Waals surface area contributed by atoms with E-state index in [4.69, 9.17) is 4.74 Å². The van der Waals surface area contributed by atoms with E-state index in [-0.39, 0.29) is 16.6 Å². The number of rotatable bonds is 5. The van der Waals surface area contributed by atoms with E-state index in [0.29, 0.717) is 16.6 Å². The average Bonchev–Trinajstić information content (AvgIpc) is 3.61. The molecule has 2 aromatic carbocycles. The van der Waals surface area contributed by atoms with Crippen molar-refractivity contribution < 1.29 is 14.3 Å². The number of aromatic nitrogens is 3. The van der Waals surface area contributed by atoms with Gasteiger partial charge in [-0.3, -0.25) is 14.3 Å². The number of ether oxygens (including phenoxy) is 1. The summed E-state index contributed by atoms with van der Waals surface area (Å²) < 4.78 is 8.84. The van der Waals surface area contributed by atoms with Gasteiger partial charge in [-0.1, -0.05) is 30.3 Å². The molecule has 1 aliphatic heterocycles. The molecule has 0 fully saturated rings. The number of pyridine rings is 1. The van der Waals surface area contributed by atoms with Gasteiger partial charge >= 0.3 is 6.03 Å². The number of thioether (sulfide) groups is 1. The number of hydrogen-bond acceptors (Lipinski definition) is 5. The van der Waals surface area contributed by atoms with Gasteiger partial charge < -0.3 is 14.2 Å². The molecule has 0 N–H and O–H groups in total. The Morgan fingerprint density at radius 2 is 1.67 bits per heavy atom. The number of benzene rings is 2. The topological polar surface area (TPSA) is 69.4 Å². The predicted molar refractivity (Wildman–Crippen MR) is 169 cm³/mol. The lowest BCUT2D eigenvalue weighted by Crippen LogP contribution is -2.26. The highest BCUT2D eigenvalue weighted by Crippen LogP contribution is 2.58. The van der Waals surface area contributed by atoms with Gasteiger partial charge in [0.2, 0.25) is 0 Å². The summed E-state index contributed by atoms with van der Waals surface area (Å²) in [5.74, 6) is 0.679. The summed E-state index contributed by atoms with van der Waals surface area (Å²) in [6, 6.07) is 19.5. The van der Waals surface area contributed by atoms with Crippen LogP contribution in [0.2, 0.25) is 0 Å². The van der Waals surface area contributed by atoms with Gasteiger partial charge in [0, 0.05) is 66.2 Å². The van der Waals surface area contributed by atoms with Crippen molar-refractivity contribution in [3.8, 4) is 16.9 Å². The number of aryl methyl sites for hydroxylation is 1. The van der Waals surface area contributed by atoms with E-state index in [1.165, 1.54) is 4.90 Å². The zero-order valence-corrected chi connectivity index (χ0v) is 25.7. The first kappa shape index (κ1) is 27.8. The highest BCUT2D eigenvalue weighted by Gasteiger charge is 2.50. The van der Waals surface area contributed by atoms with E-state index in [0.717, 1.165) is 39.2 Å². The summed E-state index contributed by atoms with van der Waals surface area (Å²) in [5, 5.41) is 0.739. The first-order chi connectivity index (χ1) is 20.0. The predicted octanol–water partition coefficient (Wildman–Crippen LogP) is 7.29. The maximum atomic E-state index is 14.5. The minimum Gasteiger partial charge on any atom is -0.497 e. The number of fused-ring (bicyclic) bond motifs is 2. The normalized spacial score (nSPS) is 17.3. The third-order valence-corrected chi connectivity index (χ3v) is 9.66. The first-order valence-electron chi connectivity index (χ1n) is 13.9. The van der Waals surface area contributed by atoms with Gasteiger partial charge in [0.15, 0.2) is 5.78 Å². The second-order valence-corrected chi connectivity index (χ2v) is 13.6. The zero-order chi connectivity index (χ0) is 30.0. The molecule has 0 bridgehead atoms. The third kappa shape index (κ3) is 4.24. The van der Waals surface area contributed by atoms with Gasteiger partial charge in [0.25, 0.3) is 0 Å². The van der Waals surface area contributed by atoms with Gasteiger partial charge in [-0.05, 0) is 69.2 Å².